The Morgan fingerprint density at radius 2 is 1.93 bits per heavy atom. The third-order valence-electron chi connectivity index (χ3n) is 2.82. The fraction of sp³-hybridized carbons (Fsp3) is 0.462. The molecule has 2 unspecified atom stereocenters. The van der Waals surface area contributed by atoms with Crippen molar-refractivity contribution in [1.82, 2.24) is 0 Å². The van der Waals surface area contributed by atoms with E-state index in [-0.39, 0.29) is 5.92 Å². The van der Waals surface area contributed by atoms with Crippen LogP contribution in [0.15, 0.2) is 30.3 Å². The van der Waals surface area contributed by atoms with Gasteiger partial charge < -0.3 is 5.11 Å². The van der Waals surface area contributed by atoms with Gasteiger partial charge in [-0.3, -0.25) is 4.79 Å². The molecule has 0 heterocycles. The second-order valence-corrected chi connectivity index (χ2v) is 3.99. The van der Waals surface area contributed by atoms with Gasteiger partial charge in [0.1, 0.15) is 0 Å². The molecule has 2 atom stereocenters. The van der Waals surface area contributed by atoms with Crippen molar-refractivity contribution in [3.05, 3.63) is 35.9 Å². The summed E-state index contributed by atoms with van der Waals surface area (Å²) >= 11 is 0. The molecule has 82 valence electrons. The van der Waals surface area contributed by atoms with E-state index in [0.717, 1.165) is 12.8 Å². The summed E-state index contributed by atoms with van der Waals surface area (Å²) in [4.78, 5) is 10.8. The monoisotopic (exact) mass is 206 g/mol. The number of rotatable bonds is 5. The second-order valence-electron chi connectivity index (χ2n) is 3.99. The highest BCUT2D eigenvalue weighted by Crippen LogP contribution is 2.26. The Hall–Kier alpha value is -1.31. The van der Waals surface area contributed by atoms with Gasteiger partial charge in [-0.1, -0.05) is 44.2 Å². The van der Waals surface area contributed by atoms with E-state index in [2.05, 4.69) is 19.1 Å². The first kappa shape index (κ1) is 11.8. The van der Waals surface area contributed by atoms with E-state index in [1.165, 1.54) is 5.56 Å². The zero-order valence-electron chi connectivity index (χ0n) is 9.31. The van der Waals surface area contributed by atoms with Crippen LogP contribution in [-0.4, -0.2) is 11.1 Å². The number of carbonyl (C=O) groups is 1. The molecule has 0 aromatic heterocycles. The summed E-state index contributed by atoms with van der Waals surface area (Å²) in [5, 5.41) is 8.87. The lowest BCUT2D eigenvalue weighted by Gasteiger charge is -2.17. The Balaban J connectivity index is 2.69. The molecule has 0 aliphatic carbocycles. The topological polar surface area (TPSA) is 37.3 Å². The van der Waals surface area contributed by atoms with Crippen LogP contribution in [0.5, 0.6) is 0 Å². The molecule has 0 aliphatic heterocycles. The predicted molar refractivity (Wildman–Crippen MR) is 60.9 cm³/mol. The van der Waals surface area contributed by atoms with Crippen molar-refractivity contribution in [3.63, 3.8) is 0 Å². The van der Waals surface area contributed by atoms with Gasteiger partial charge in [0.15, 0.2) is 0 Å². The molecule has 0 fully saturated rings. The standard InChI is InChI=1S/C13H18O2/c1-3-11(9-10(2)13(14)15)12-7-5-4-6-8-12/h4-8,10-11H,3,9H2,1-2H3,(H,14,15). The van der Waals surface area contributed by atoms with Gasteiger partial charge in [-0.25, -0.2) is 0 Å². The number of carboxylic acids is 1. The number of hydrogen-bond donors (Lipinski definition) is 1. The Bertz CT molecular complexity index is 306. The molecule has 1 aromatic rings. The molecule has 1 aromatic carbocycles. The highest BCUT2D eigenvalue weighted by Gasteiger charge is 2.17. The Labute approximate surface area is 90.9 Å². The maximum atomic E-state index is 10.8. The Kier molecular flexibility index (Phi) is 4.35. The lowest BCUT2D eigenvalue weighted by molar-refractivity contribution is -0.141. The molecular weight excluding hydrogens is 188 g/mol. The van der Waals surface area contributed by atoms with Crippen molar-refractivity contribution in [1.29, 1.82) is 0 Å². The van der Waals surface area contributed by atoms with Gasteiger partial charge in [-0.15, -0.1) is 0 Å². The van der Waals surface area contributed by atoms with Crippen LogP contribution >= 0.6 is 0 Å². The van der Waals surface area contributed by atoms with Crippen LogP contribution in [0.25, 0.3) is 0 Å². The smallest absolute Gasteiger partial charge is 0.306 e. The van der Waals surface area contributed by atoms with E-state index >= 15 is 0 Å². The van der Waals surface area contributed by atoms with Gasteiger partial charge in [0, 0.05) is 0 Å². The van der Waals surface area contributed by atoms with Gasteiger partial charge in [0.05, 0.1) is 5.92 Å². The van der Waals surface area contributed by atoms with Crippen molar-refractivity contribution in [2.75, 3.05) is 0 Å². The molecule has 0 bridgehead atoms. The highest BCUT2D eigenvalue weighted by molar-refractivity contribution is 5.69. The normalized spacial score (nSPS) is 14.5. The van der Waals surface area contributed by atoms with Crippen LogP contribution in [0.3, 0.4) is 0 Å². The van der Waals surface area contributed by atoms with Crippen molar-refractivity contribution >= 4 is 5.97 Å². The summed E-state index contributed by atoms with van der Waals surface area (Å²) in [6.45, 7) is 3.88. The molecule has 0 amide bonds. The molecular formula is C13H18O2. The summed E-state index contributed by atoms with van der Waals surface area (Å²) in [6.07, 6.45) is 1.71. The zero-order valence-corrected chi connectivity index (χ0v) is 9.31. The third kappa shape index (κ3) is 3.39. The predicted octanol–water partition coefficient (Wildman–Crippen LogP) is 3.29. The average Bonchev–Trinajstić information content (AvgIpc) is 2.26. The average molecular weight is 206 g/mol. The van der Waals surface area contributed by atoms with Crippen LogP contribution in [0.2, 0.25) is 0 Å². The zero-order chi connectivity index (χ0) is 11.3. The minimum Gasteiger partial charge on any atom is -0.481 e. The minimum atomic E-state index is -0.704. The Morgan fingerprint density at radius 3 is 2.40 bits per heavy atom. The van der Waals surface area contributed by atoms with Crippen LogP contribution in [0, 0.1) is 5.92 Å². The maximum Gasteiger partial charge on any atom is 0.306 e. The van der Waals surface area contributed by atoms with Gasteiger partial charge in [-0.2, -0.15) is 0 Å². The molecule has 15 heavy (non-hydrogen) atoms. The molecule has 1 rings (SSSR count). The fourth-order valence-corrected chi connectivity index (χ4v) is 1.79. The molecule has 0 spiro atoms. The fourth-order valence-electron chi connectivity index (χ4n) is 1.79. The van der Waals surface area contributed by atoms with Gasteiger partial charge >= 0.3 is 5.97 Å². The molecule has 0 radical (unpaired) electrons. The Morgan fingerprint density at radius 1 is 1.33 bits per heavy atom. The highest BCUT2D eigenvalue weighted by atomic mass is 16.4. The SMILES string of the molecule is CCC(CC(C)C(=O)O)c1ccccc1. The third-order valence-corrected chi connectivity index (χ3v) is 2.82. The van der Waals surface area contributed by atoms with Gasteiger partial charge in [0.25, 0.3) is 0 Å². The summed E-state index contributed by atoms with van der Waals surface area (Å²) in [5.41, 5.74) is 1.24. The first-order valence-electron chi connectivity index (χ1n) is 5.42. The van der Waals surface area contributed by atoms with Crippen molar-refractivity contribution in [2.45, 2.75) is 32.6 Å². The quantitative estimate of drug-likeness (QED) is 0.802. The summed E-state index contributed by atoms with van der Waals surface area (Å²) in [7, 11) is 0. The van der Waals surface area contributed by atoms with E-state index in [4.69, 9.17) is 5.11 Å². The first-order chi connectivity index (χ1) is 7.15. The van der Waals surface area contributed by atoms with Gasteiger partial charge in [-0.05, 0) is 24.3 Å². The van der Waals surface area contributed by atoms with Crippen LogP contribution in [0.1, 0.15) is 38.2 Å². The number of aliphatic carboxylic acids is 1. The van der Waals surface area contributed by atoms with Crippen molar-refractivity contribution in [2.24, 2.45) is 5.92 Å². The molecule has 2 nitrogen and oxygen atoms in total. The summed E-state index contributed by atoms with van der Waals surface area (Å²) in [5.74, 6) is -0.614. The van der Waals surface area contributed by atoms with E-state index in [1.54, 1.807) is 6.92 Å². The molecule has 0 aliphatic rings. The minimum absolute atomic E-state index is 0.268. The number of hydrogen-bond acceptors (Lipinski definition) is 1. The first-order valence-corrected chi connectivity index (χ1v) is 5.42. The lowest BCUT2D eigenvalue weighted by atomic mass is 9.88. The van der Waals surface area contributed by atoms with E-state index in [0.29, 0.717) is 5.92 Å². The second kappa shape index (κ2) is 5.54. The molecule has 1 N–H and O–H groups in total. The number of benzene rings is 1. The van der Waals surface area contributed by atoms with Crippen LogP contribution in [0.4, 0.5) is 0 Å². The van der Waals surface area contributed by atoms with E-state index < -0.39 is 5.97 Å². The van der Waals surface area contributed by atoms with Crippen molar-refractivity contribution < 1.29 is 9.90 Å². The van der Waals surface area contributed by atoms with Crippen LogP contribution < -0.4 is 0 Å². The van der Waals surface area contributed by atoms with Gasteiger partial charge in [0.2, 0.25) is 0 Å². The molecule has 0 saturated carbocycles. The number of carboxylic acid groups (broad SMARTS) is 1. The molecule has 2 heteroatoms. The largest absolute Gasteiger partial charge is 0.481 e. The van der Waals surface area contributed by atoms with Crippen LogP contribution in [-0.2, 0) is 4.79 Å². The van der Waals surface area contributed by atoms with E-state index in [9.17, 15) is 4.79 Å². The molecule has 0 saturated heterocycles. The summed E-state index contributed by atoms with van der Waals surface area (Å²) < 4.78 is 0. The van der Waals surface area contributed by atoms with Crippen molar-refractivity contribution in [3.8, 4) is 0 Å². The maximum absolute atomic E-state index is 10.8. The lowest BCUT2D eigenvalue weighted by Crippen LogP contribution is -2.13. The summed E-state index contributed by atoms with van der Waals surface area (Å²) in [6, 6.07) is 10.1. The van der Waals surface area contributed by atoms with E-state index in [1.807, 2.05) is 18.2 Å².